The molecule has 0 spiro atoms. The standard InChI is InChI=1S/C25H19ClF2N4O2/c26-19-12-21(28)20(27)11-18(19)24(33)29-23-13-22(30-31-23)25(34)32(14-16-7-3-1-4-8-16)15-17-9-5-2-6-10-17/h1-13H,14-15H2,(H2,29,30,31,33). The molecule has 1 aromatic heterocycles. The lowest BCUT2D eigenvalue weighted by Crippen LogP contribution is -2.30. The molecular formula is C25H19ClF2N4O2. The molecule has 0 atom stereocenters. The van der Waals surface area contributed by atoms with E-state index in [4.69, 9.17) is 11.6 Å². The van der Waals surface area contributed by atoms with Gasteiger partial charge in [0.25, 0.3) is 11.8 Å². The molecule has 1 heterocycles. The highest BCUT2D eigenvalue weighted by Gasteiger charge is 2.21. The number of amides is 2. The summed E-state index contributed by atoms with van der Waals surface area (Å²) in [6.45, 7) is 0.722. The van der Waals surface area contributed by atoms with E-state index in [9.17, 15) is 18.4 Å². The molecule has 2 N–H and O–H groups in total. The number of aromatic amines is 1. The second-order valence-corrected chi connectivity index (χ2v) is 7.91. The van der Waals surface area contributed by atoms with Crippen LogP contribution in [0.4, 0.5) is 14.6 Å². The Morgan fingerprint density at radius 1 is 0.882 bits per heavy atom. The largest absolute Gasteiger partial charge is 0.329 e. The Labute approximate surface area is 199 Å². The summed E-state index contributed by atoms with van der Waals surface area (Å²) in [6.07, 6.45) is 0. The van der Waals surface area contributed by atoms with E-state index < -0.39 is 17.5 Å². The monoisotopic (exact) mass is 480 g/mol. The summed E-state index contributed by atoms with van der Waals surface area (Å²) in [4.78, 5) is 27.4. The first-order valence-electron chi connectivity index (χ1n) is 10.3. The van der Waals surface area contributed by atoms with E-state index in [1.807, 2.05) is 60.7 Å². The van der Waals surface area contributed by atoms with Gasteiger partial charge in [0.15, 0.2) is 17.5 Å². The number of rotatable bonds is 7. The molecular weight excluding hydrogens is 462 g/mol. The van der Waals surface area contributed by atoms with Gasteiger partial charge in [0, 0.05) is 19.2 Å². The number of nitrogens with one attached hydrogen (secondary N) is 2. The molecule has 2 amide bonds. The van der Waals surface area contributed by atoms with Crippen molar-refractivity contribution >= 4 is 29.2 Å². The van der Waals surface area contributed by atoms with Gasteiger partial charge in [-0.25, -0.2) is 8.78 Å². The second-order valence-electron chi connectivity index (χ2n) is 7.50. The van der Waals surface area contributed by atoms with Crippen LogP contribution < -0.4 is 5.32 Å². The highest BCUT2D eigenvalue weighted by atomic mass is 35.5. The SMILES string of the molecule is O=C(Nc1cc(C(=O)N(Cc2ccccc2)Cc2ccccc2)[nH]n1)c1cc(F)c(F)cc1Cl. The minimum Gasteiger partial charge on any atom is -0.329 e. The molecule has 0 saturated heterocycles. The number of benzene rings is 3. The topological polar surface area (TPSA) is 78.1 Å². The number of carbonyl (C=O) groups is 2. The van der Waals surface area contributed by atoms with Crippen LogP contribution in [0.1, 0.15) is 32.0 Å². The molecule has 0 bridgehead atoms. The zero-order chi connectivity index (χ0) is 24.1. The zero-order valence-electron chi connectivity index (χ0n) is 17.8. The Balaban J connectivity index is 1.53. The van der Waals surface area contributed by atoms with Crippen LogP contribution >= 0.6 is 11.6 Å². The second kappa shape index (κ2) is 10.3. The van der Waals surface area contributed by atoms with E-state index in [1.165, 1.54) is 6.07 Å². The Morgan fingerprint density at radius 3 is 2.03 bits per heavy atom. The van der Waals surface area contributed by atoms with Crippen LogP contribution in [-0.2, 0) is 13.1 Å². The van der Waals surface area contributed by atoms with Crippen molar-refractivity contribution < 1.29 is 18.4 Å². The smallest absolute Gasteiger partial charge is 0.272 e. The molecule has 0 unspecified atom stereocenters. The maximum absolute atomic E-state index is 13.5. The third kappa shape index (κ3) is 5.47. The van der Waals surface area contributed by atoms with E-state index in [0.29, 0.717) is 19.2 Å². The molecule has 34 heavy (non-hydrogen) atoms. The van der Waals surface area contributed by atoms with Crippen LogP contribution in [0.15, 0.2) is 78.9 Å². The molecule has 3 aromatic carbocycles. The van der Waals surface area contributed by atoms with Crippen molar-refractivity contribution in [3.05, 3.63) is 118 Å². The van der Waals surface area contributed by atoms with Crippen LogP contribution in [0, 0.1) is 11.6 Å². The van der Waals surface area contributed by atoms with E-state index in [-0.39, 0.29) is 28.0 Å². The number of carbonyl (C=O) groups excluding carboxylic acids is 2. The van der Waals surface area contributed by atoms with Crippen molar-refractivity contribution in [3.63, 3.8) is 0 Å². The molecule has 6 nitrogen and oxygen atoms in total. The minimum absolute atomic E-state index is 0.0357. The van der Waals surface area contributed by atoms with E-state index >= 15 is 0 Å². The van der Waals surface area contributed by atoms with Gasteiger partial charge in [-0.3, -0.25) is 14.7 Å². The number of nitrogens with zero attached hydrogens (tertiary/aromatic N) is 2. The van der Waals surface area contributed by atoms with Crippen molar-refractivity contribution in [2.24, 2.45) is 0 Å². The number of H-pyrrole nitrogens is 1. The number of aromatic nitrogens is 2. The molecule has 172 valence electrons. The fraction of sp³-hybridized carbons (Fsp3) is 0.0800. The maximum Gasteiger partial charge on any atom is 0.272 e. The lowest BCUT2D eigenvalue weighted by Gasteiger charge is -2.22. The van der Waals surface area contributed by atoms with Crippen molar-refractivity contribution in [3.8, 4) is 0 Å². The minimum atomic E-state index is -1.20. The zero-order valence-corrected chi connectivity index (χ0v) is 18.5. The summed E-state index contributed by atoms with van der Waals surface area (Å²) in [5.74, 6) is -3.45. The lowest BCUT2D eigenvalue weighted by molar-refractivity contribution is 0.0723. The average molecular weight is 481 g/mol. The third-order valence-electron chi connectivity index (χ3n) is 5.02. The van der Waals surface area contributed by atoms with Gasteiger partial charge in [-0.1, -0.05) is 72.3 Å². The quantitative estimate of drug-likeness (QED) is 0.346. The Morgan fingerprint density at radius 2 is 1.44 bits per heavy atom. The first-order valence-corrected chi connectivity index (χ1v) is 10.7. The van der Waals surface area contributed by atoms with Crippen molar-refractivity contribution in [1.29, 1.82) is 0 Å². The predicted molar refractivity (Wildman–Crippen MR) is 124 cm³/mol. The molecule has 0 fully saturated rings. The van der Waals surface area contributed by atoms with Crippen LogP contribution in [0.2, 0.25) is 5.02 Å². The summed E-state index contributed by atoms with van der Waals surface area (Å²) in [5.41, 5.74) is 1.80. The third-order valence-corrected chi connectivity index (χ3v) is 5.34. The van der Waals surface area contributed by atoms with E-state index in [1.54, 1.807) is 4.90 Å². The van der Waals surface area contributed by atoms with Gasteiger partial charge >= 0.3 is 0 Å². The first-order chi connectivity index (χ1) is 16.4. The van der Waals surface area contributed by atoms with Gasteiger partial charge in [-0.2, -0.15) is 5.10 Å². The van der Waals surface area contributed by atoms with Crippen LogP contribution in [0.5, 0.6) is 0 Å². The average Bonchev–Trinajstić information content (AvgIpc) is 3.30. The number of hydrogen-bond donors (Lipinski definition) is 2. The summed E-state index contributed by atoms with van der Waals surface area (Å²) >= 11 is 5.86. The van der Waals surface area contributed by atoms with Crippen molar-refractivity contribution in [2.75, 3.05) is 5.32 Å². The maximum atomic E-state index is 13.5. The highest BCUT2D eigenvalue weighted by molar-refractivity contribution is 6.34. The first kappa shape index (κ1) is 23.1. The van der Waals surface area contributed by atoms with Crippen molar-refractivity contribution in [1.82, 2.24) is 15.1 Å². The lowest BCUT2D eigenvalue weighted by atomic mass is 10.1. The summed E-state index contributed by atoms with van der Waals surface area (Å²) in [7, 11) is 0. The molecule has 0 saturated carbocycles. The molecule has 4 rings (SSSR count). The Kier molecular flexibility index (Phi) is 6.98. The Hall–Kier alpha value is -4.04. The molecule has 4 aromatic rings. The Bertz CT molecular complexity index is 1270. The van der Waals surface area contributed by atoms with Crippen molar-refractivity contribution in [2.45, 2.75) is 13.1 Å². The van der Waals surface area contributed by atoms with Gasteiger partial charge < -0.3 is 10.2 Å². The highest BCUT2D eigenvalue weighted by Crippen LogP contribution is 2.22. The number of hydrogen-bond acceptors (Lipinski definition) is 3. The van der Waals surface area contributed by atoms with E-state index in [2.05, 4.69) is 15.5 Å². The fourth-order valence-electron chi connectivity index (χ4n) is 3.35. The predicted octanol–water partition coefficient (Wildman–Crippen LogP) is 5.44. The normalized spacial score (nSPS) is 10.7. The van der Waals surface area contributed by atoms with Gasteiger partial charge in [0.05, 0.1) is 10.6 Å². The fourth-order valence-corrected chi connectivity index (χ4v) is 3.59. The van der Waals surface area contributed by atoms with Crippen LogP contribution in [-0.4, -0.2) is 26.9 Å². The van der Waals surface area contributed by atoms with Gasteiger partial charge in [0.1, 0.15) is 5.69 Å². The van der Waals surface area contributed by atoms with Crippen LogP contribution in [0.25, 0.3) is 0 Å². The van der Waals surface area contributed by atoms with Gasteiger partial charge in [-0.15, -0.1) is 0 Å². The number of halogens is 3. The molecule has 0 radical (unpaired) electrons. The van der Waals surface area contributed by atoms with Gasteiger partial charge in [0.2, 0.25) is 0 Å². The van der Waals surface area contributed by atoms with Crippen LogP contribution in [0.3, 0.4) is 0 Å². The molecule has 9 heteroatoms. The summed E-state index contributed by atoms with van der Waals surface area (Å²) in [6, 6.07) is 21.9. The summed E-state index contributed by atoms with van der Waals surface area (Å²) in [5, 5.41) is 8.76. The summed E-state index contributed by atoms with van der Waals surface area (Å²) < 4.78 is 26.8. The van der Waals surface area contributed by atoms with Gasteiger partial charge in [-0.05, 0) is 23.3 Å². The molecule has 0 aliphatic carbocycles. The molecule has 0 aliphatic rings. The number of anilines is 1. The molecule has 0 aliphatic heterocycles. The van der Waals surface area contributed by atoms with E-state index in [0.717, 1.165) is 17.2 Å².